The zero-order valence-corrected chi connectivity index (χ0v) is 8.51. The van der Waals surface area contributed by atoms with Crippen molar-refractivity contribution in [3.63, 3.8) is 0 Å². The molecule has 58 valence electrons. The molecule has 0 N–H and O–H groups in total. The quantitative estimate of drug-likeness (QED) is 0.554. The average molecular weight is 156 g/mol. The summed E-state index contributed by atoms with van der Waals surface area (Å²) < 4.78 is 0.344. The van der Waals surface area contributed by atoms with Gasteiger partial charge in [0.05, 0.1) is 7.85 Å². The van der Waals surface area contributed by atoms with Crippen LogP contribution in [0.15, 0.2) is 0 Å². The third-order valence-electron chi connectivity index (χ3n) is 0.877. The summed E-state index contributed by atoms with van der Waals surface area (Å²) in [6.07, 6.45) is 0. The normalized spacial score (nSPS) is 13.7. The Morgan fingerprint density at radius 3 is 1.60 bits per heavy atom. The van der Waals surface area contributed by atoms with Gasteiger partial charge in [-0.3, -0.25) is 0 Å². The van der Waals surface area contributed by atoms with Crippen LogP contribution in [0.25, 0.3) is 0 Å². The molecule has 0 atom stereocenters. The van der Waals surface area contributed by atoms with Crippen molar-refractivity contribution in [3.05, 3.63) is 0 Å². The van der Waals surface area contributed by atoms with Crippen molar-refractivity contribution < 1.29 is 0 Å². The van der Waals surface area contributed by atoms with E-state index in [1.54, 1.807) is 0 Å². The second-order valence-corrected chi connectivity index (χ2v) is 6.19. The van der Waals surface area contributed by atoms with Gasteiger partial charge in [-0.05, 0) is 5.75 Å². The lowest BCUT2D eigenvalue weighted by Gasteiger charge is -2.24. The highest BCUT2D eigenvalue weighted by Crippen LogP contribution is 2.32. The van der Waals surface area contributed by atoms with Gasteiger partial charge in [0.15, 0.2) is 0 Å². The molecule has 10 heavy (non-hydrogen) atoms. The maximum absolute atomic E-state index is 5.82. The van der Waals surface area contributed by atoms with Crippen molar-refractivity contribution in [1.29, 1.82) is 0 Å². The van der Waals surface area contributed by atoms with Crippen molar-refractivity contribution in [1.82, 2.24) is 0 Å². The van der Waals surface area contributed by atoms with Crippen LogP contribution in [0.5, 0.6) is 0 Å². The van der Waals surface area contributed by atoms with E-state index >= 15 is 0 Å². The van der Waals surface area contributed by atoms with Crippen molar-refractivity contribution in [3.8, 4) is 0 Å². The van der Waals surface area contributed by atoms with E-state index in [1.807, 2.05) is 11.8 Å². The van der Waals surface area contributed by atoms with Gasteiger partial charge in [0, 0.05) is 4.75 Å². The highest BCUT2D eigenvalue weighted by Gasteiger charge is 2.16. The van der Waals surface area contributed by atoms with Crippen molar-refractivity contribution in [2.24, 2.45) is 0 Å². The lowest BCUT2D eigenvalue weighted by Crippen LogP contribution is -2.14. The molecule has 0 rings (SSSR count). The van der Waals surface area contributed by atoms with Crippen molar-refractivity contribution in [2.75, 3.05) is 5.75 Å². The summed E-state index contributed by atoms with van der Waals surface area (Å²) in [6, 6.07) is 0. The minimum Gasteiger partial charge on any atom is -0.156 e. The minimum atomic E-state index is -0.0298. The first-order valence-electron chi connectivity index (χ1n) is 3.64. The first-order valence-corrected chi connectivity index (χ1v) is 4.62. The largest absolute Gasteiger partial charge is 0.156 e. The van der Waals surface area contributed by atoms with Gasteiger partial charge in [0.25, 0.3) is 0 Å². The fourth-order valence-corrected chi connectivity index (χ4v) is 1.21. The van der Waals surface area contributed by atoms with Crippen LogP contribution in [0.4, 0.5) is 0 Å². The van der Waals surface area contributed by atoms with Gasteiger partial charge < -0.3 is 0 Å². The third-order valence-corrected chi connectivity index (χ3v) is 2.63. The molecule has 0 aliphatic rings. The van der Waals surface area contributed by atoms with Gasteiger partial charge in [-0.25, -0.2) is 0 Å². The van der Waals surface area contributed by atoms with Crippen molar-refractivity contribution in [2.45, 2.75) is 44.7 Å². The molecule has 0 aromatic rings. The van der Waals surface area contributed by atoms with E-state index in [9.17, 15) is 0 Å². The van der Waals surface area contributed by atoms with Gasteiger partial charge in [0.1, 0.15) is 0 Å². The van der Waals surface area contributed by atoms with E-state index < -0.39 is 0 Å². The highest BCUT2D eigenvalue weighted by atomic mass is 32.2. The Balaban J connectivity index is 3.56. The summed E-state index contributed by atoms with van der Waals surface area (Å²) in [4.78, 5) is 0. The first-order chi connectivity index (χ1) is 4.21. The zero-order chi connectivity index (χ0) is 8.41. The predicted molar refractivity (Wildman–Crippen MR) is 52.0 cm³/mol. The fourth-order valence-electron chi connectivity index (χ4n) is 0.403. The molecule has 0 saturated heterocycles. The van der Waals surface area contributed by atoms with Crippen LogP contribution in [0.2, 0.25) is 5.31 Å². The minimum absolute atomic E-state index is 0.0298. The van der Waals surface area contributed by atoms with Crippen LogP contribution < -0.4 is 0 Å². The number of hydrogen-bond acceptors (Lipinski definition) is 1. The van der Waals surface area contributed by atoms with E-state index in [1.165, 1.54) is 0 Å². The third kappa shape index (κ3) is 8.41. The van der Waals surface area contributed by atoms with Gasteiger partial charge in [-0.15, -0.1) is 0 Å². The first kappa shape index (κ1) is 10.4. The fraction of sp³-hybridized carbons (Fsp3) is 1.00. The molecule has 0 aliphatic carbocycles. The van der Waals surface area contributed by atoms with Crippen LogP contribution in [0, 0.1) is 0 Å². The molecule has 2 heteroatoms. The van der Waals surface area contributed by atoms with Crippen LogP contribution in [-0.4, -0.2) is 18.3 Å². The molecule has 2 radical (unpaired) electrons. The van der Waals surface area contributed by atoms with E-state index in [4.69, 9.17) is 7.85 Å². The Morgan fingerprint density at radius 2 is 1.50 bits per heavy atom. The summed E-state index contributed by atoms with van der Waals surface area (Å²) in [6.45, 7) is 10.8. The Morgan fingerprint density at radius 1 is 1.10 bits per heavy atom. The van der Waals surface area contributed by atoms with Gasteiger partial charge in [-0.2, -0.15) is 11.8 Å². The van der Waals surface area contributed by atoms with Crippen LogP contribution >= 0.6 is 11.8 Å². The molecule has 0 saturated carbocycles. The van der Waals surface area contributed by atoms with Crippen LogP contribution in [0.1, 0.15) is 34.6 Å². The van der Waals surface area contributed by atoms with Crippen LogP contribution in [-0.2, 0) is 0 Å². The lowest BCUT2D eigenvalue weighted by atomic mass is 9.74. The number of hydrogen-bond donors (Lipinski definition) is 0. The molecule has 0 aromatic carbocycles. The molecular weight excluding hydrogens is 139 g/mol. The molecule has 0 nitrogen and oxygen atoms in total. The van der Waals surface area contributed by atoms with Gasteiger partial charge in [0.2, 0.25) is 0 Å². The summed E-state index contributed by atoms with van der Waals surface area (Å²) in [5, 5.41) is -0.0298. The molecule has 0 unspecified atom stereocenters. The van der Waals surface area contributed by atoms with Crippen molar-refractivity contribution >= 4 is 19.6 Å². The Bertz CT molecular complexity index is 82.8. The Kier molecular flexibility index (Phi) is 3.34. The van der Waals surface area contributed by atoms with E-state index in [-0.39, 0.29) is 5.31 Å². The van der Waals surface area contributed by atoms with Crippen LogP contribution in [0.3, 0.4) is 0 Å². The number of rotatable bonds is 2. The maximum Gasteiger partial charge on any atom is 0.0749 e. The molecular formula is C8H17BS. The molecule has 0 heterocycles. The maximum atomic E-state index is 5.82. The zero-order valence-electron chi connectivity index (χ0n) is 7.69. The Labute approximate surface area is 70.6 Å². The van der Waals surface area contributed by atoms with E-state index in [2.05, 4.69) is 34.6 Å². The van der Waals surface area contributed by atoms with E-state index in [0.717, 1.165) is 5.75 Å². The Hall–Kier alpha value is 0.415. The summed E-state index contributed by atoms with van der Waals surface area (Å²) in [5.41, 5.74) is 0. The van der Waals surface area contributed by atoms with E-state index in [0.29, 0.717) is 4.75 Å². The summed E-state index contributed by atoms with van der Waals surface area (Å²) in [7, 11) is 5.82. The molecule has 0 bridgehead atoms. The van der Waals surface area contributed by atoms with Gasteiger partial charge in [-0.1, -0.05) is 39.9 Å². The monoisotopic (exact) mass is 156 g/mol. The smallest absolute Gasteiger partial charge is 0.0749 e. The number of thioether (sulfide) groups is 1. The molecule has 0 amide bonds. The standard InChI is InChI=1S/C8H17BS/c1-7(2,3)10-6-8(4,5)9/h6H2,1-5H3. The SMILES string of the molecule is [B]C(C)(C)CSC(C)(C)C. The average Bonchev–Trinajstić information content (AvgIpc) is 1.57. The molecule has 0 aromatic heterocycles. The lowest BCUT2D eigenvalue weighted by molar-refractivity contribution is 0.754. The second-order valence-electron chi connectivity index (χ2n) is 4.39. The molecule has 0 fully saturated rings. The molecule has 0 aliphatic heterocycles. The molecule has 0 spiro atoms. The van der Waals surface area contributed by atoms with Gasteiger partial charge >= 0.3 is 0 Å². The predicted octanol–water partition coefficient (Wildman–Crippen LogP) is 2.89. The summed E-state index contributed by atoms with van der Waals surface area (Å²) in [5.74, 6) is 1.02. The second kappa shape index (κ2) is 3.21. The summed E-state index contributed by atoms with van der Waals surface area (Å²) >= 11 is 1.92. The highest BCUT2D eigenvalue weighted by molar-refractivity contribution is 8.00. The topological polar surface area (TPSA) is 0 Å².